The molecule has 0 atom stereocenters. The Morgan fingerprint density at radius 2 is 2.17 bits per heavy atom. The molecule has 0 aliphatic rings. The monoisotopic (exact) mass is 321 g/mol. The number of rotatable bonds is 3. The van der Waals surface area contributed by atoms with Crippen LogP contribution in [-0.2, 0) is 0 Å². The van der Waals surface area contributed by atoms with E-state index in [9.17, 15) is 0 Å². The minimum Gasteiger partial charge on any atom is -0.389 e. The van der Waals surface area contributed by atoms with Gasteiger partial charge >= 0.3 is 0 Å². The predicted octanol–water partition coefficient (Wildman–Crippen LogP) is 3.53. The third-order valence-electron chi connectivity index (χ3n) is 2.52. The molecule has 3 N–H and O–H groups in total. The number of nitrogens with one attached hydrogen (secondary N) is 1. The second-order valence-corrected chi connectivity index (χ2v) is 5.11. The lowest BCUT2D eigenvalue weighted by Gasteiger charge is -2.10. The van der Waals surface area contributed by atoms with Crippen molar-refractivity contribution in [2.75, 3.05) is 5.32 Å². The maximum absolute atomic E-state index is 5.61. The summed E-state index contributed by atoms with van der Waals surface area (Å²) in [6.07, 6.45) is 1.77. The van der Waals surface area contributed by atoms with Crippen molar-refractivity contribution < 1.29 is 0 Å². The van der Waals surface area contributed by atoms with Crippen LogP contribution in [0.25, 0.3) is 0 Å². The zero-order valence-electron chi connectivity index (χ0n) is 9.77. The fourth-order valence-corrected chi connectivity index (χ4v) is 2.47. The smallest absolute Gasteiger partial charge is 0.105 e. The van der Waals surface area contributed by atoms with Crippen molar-refractivity contribution in [3.63, 3.8) is 0 Å². The number of hydrogen-bond acceptors (Lipinski definition) is 3. The molecule has 0 aliphatic heterocycles. The van der Waals surface area contributed by atoms with Gasteiger partial charge in [0.1, 0.15) is 4.99 Å². The van der Waals surface area contributed by atoms with Gasteiger partial charge < -0.3 is 11.1 Å². The van der Waals surface area contributed by atoms with E-state index in [-0.39, 0.29) is 0 Å². The van der Waals surface area contributed by atoms with Gasteiger partial charge in [0.05, 0.1) is 11.4 Å². The standard InChI is InChI=1S/C13H12BrN3S/c1-8-12(3-2-6-16-8)17-9-4-5-10(13(15)18)11(14)7-9/h2-7,17H,1H3,(H2,15,18). The Hall–Kier alpha value is -1.46. The molecular weight excluding hydrogens is 310 g/mol. The van der Waals surface area contributed by atoms with Gasteiger partial charge in [0.2, 0.25) is 0 Å². The second-order valence-electron chi connectivity index (χ2n) is 3.82. The van der Waals surface area contributed by atoms with Gasteiger partial charge in [0.25, 0.3) is 0 Å². The highest BCUT2D eigenvalue weighted by molar-refractivity contribution is 9.10. The Morgan fingerprint density at radius 1 is 1.39 bits per heavy atom. The first-order chi connectivity index (χ1) is 8.58. The Labute approximate surface area is 120 Å². The topological polar surface area (TPSA) is 50.9 Å². The lowest BCUT2D eigenvalue weighted by molar-refractivity contribution is 1.20. The molecule has 0 bridgehead atoms. The molecule has 1 aromatic carbocycles. The number of hydrogen-bond donors (Lipinski definition) is 2. The van der Waals surface area contributed by atoms with Crippen molar-refractivity contribution in [2.24, 2.45) is 5.73 Å². The molecule has 2 rings (SSSR count). The van der Waals surface area contributed by atoms with Crippen LogP contribution < -0.4 is 11.1 Å². The SMILES string of the molecule is Cc1ncccc1Nc1ccc(C(N)=S)c(Br)c1. The second kappa shape index (κ2) is 5.46. The zero-order valence-corrected chi connectivity index (χ0v) is 12.2. The number of thiocarbonyl (C=S) groups is 1. The van der Waals surface area contributed by atoms with Gasteiger partial charge in [0, 0.05) is 21.9 Å². The van der Waals surface area contributed by atoms with Crippen LogP contribution in [0, 0.1) is 6.92 Å². The third kappa shape index (κ3) is 2.86. The van der Waals surface area contributed by atoms with E-state index in [1.54, 1.807) is 6.20 Å². The van der Waals surface area contributed by atoms with Crippen LogP contribution in [0.5, 0.6) is 0 Å². The van der Waals surface area contributed by atoms with Crippen molar-refractivity contribution in [3.8, 4) is 0 Å². The van der Waals surface area contributed by atoms with Gasteiger partial charge in [-0.3, -0.25) is 4.98 Å². The van der Waals surface area contributed by atoms with E-state index >= 15 is 0 Å². The fraction of sp³-hybridized carbons (Fsp3) is 0.0769. The Bertz CT molecular complexity index is 599. The van der Waals surface area contributed by atoms with Crippen LogP contribution in [0.2, 0.25) is 0 Å². The summed E-state index contributed by atoms with van der Waals surface area (Å²) in [7, 11) is 0. The van der Waals surface area contributed by atoms with E-state index in [4.69, 9.17) is 18.0 Å². The predicted molar refractivity (Wildman–Crippen MR) is 82.3 cm³/mol. The molecule has 0 saturated carbocycles. The summed E-state index contributed by atoms with van der Waals surface area (Å²) in [5, 5.41) is 3.30. The van der Waals surface area contributed by atoms with Crippen molar-refractivity contribution in [2.45, 2.75) is 6.92 Å². The van der Waals surface area contributed by atoms with Gasteiger partial charge in [-0.05, 0) is 53.2 Å². The molecule has 2 aromatic rings. The van der Waals surface area contributed by atoms with Crippen LogP contribution in [-0.4, -0.2) is 9.97 Å². The van der Waals surface area contributed by atoms with Crippen LogP contribution in [0.3, 0.4) is 0 Å². The molecule has 5 heteroatoms. The summed E-state index contributed by atoms with van der Waals surface area (Å²) in [4.78, 5) is 4.61. The molecule has 92 valence electrons. The van der Waals surface area contributed by atoms with Crippen molar-refractivity contribution >= 4 is 44.5 Å². The number of nitrogens with two attached hydrogens (primary N) is 1. The van der Waals surface area contributed by atoms with Crippen LogP contribution in [0.15, 0.2) is 41.0 Å². The molecule has 0 saturated heterocycles. The molecule has 1 heterocycles. The minimum atomic E-state index is 0.381. The lowest BCUT2D eigenvalue weighted by Crippen LogP contribution is -2.10. The first kappa shape index (κ1) is 13.0. The first-order valence-electron chi connectivity index (χ1n) is 5.36. The number of aryl methyl sites for hydroxylation is 1. The Balaban J connectivity index is 2.29. The molecule has 0 unspecified atom stereocenters. The Kier molecular flexibility index (Phi) is 3.93. The van der Waals surface area contributed by atoms with Crippen molar-refractivity contribution in [1.82, 2.24) is 4.98 Å². The summed E-state index contributed by atoms with van der Waals surface area (Å²) in [6.45, 7) is 1.96. The first-order valence-corrected chi connectivity index (χ1v) is 6.56. The highest BCUT2D eigenvalue weighted by atomic mass is 79.9. The van der Waals surface area contributed by atoms with Crippen LogP contribution in [0.4, 0.5) is 11.4 Å². The molecule has 3 nitrogen and oxygen atoms in total. The molecule has 0 aliphatic carbocycles. The van der Waals surface area contributed by atoms with Gasteiger partial charge in [0.15, 0.2) is 0 Å². The number of halogens is 1. The van der Waals surface area contributed by atoms with E-state index in [0.29, 0.717) is 4.99 Å². The van der Waals surface area contributed by atoms with Gasteiger partial charge in [-0.2, -0.15) is 0 Å². The number of pyridine rings is 1. The zero-order chi connectivity index (χ0) is 13.1. The van der Waals surface area contributed by atoms with Gasteiger partial charge in [-0.25, -0.2) is 0 Å². The molecule has 18 heavy (non-hydrogen) atoms. The molecule has 0 radical (unpaired) electrons. The average Bonchev–Trinajstić information content (AvgIpc) is 2.32. The van der Waals surface area contributed by atoms with Gasteiger partial charge in [-0.15, -0.1) is 0 Å². The molecule has 0 amide bonds. The van der Waals surface area contributed by atoms with E-state index in [1.165, 1.54) is 0 Å². The quantitative estimate of drug-likeness (QED) is 0.849. The highest BCUT2D eigenvalue weighted by Gasteiger charge is 2.05. The van der Waals surface area contributed by atoms with E-state index in [1.807, 2.05) is 37.3 Å². The van der Waals surface area contributed by atoms with Gasteiger partial charge in [-0.1, -0.05) is 12.2 Å². The lowest BCUT2D eigenvalue weighted by atomic mass is 10.2. The number of aromatic nitrogens is 1. The largest absolute Gasteiger partial charge is 0.389 e. The normalized spacial score (nSPS) is 10.1. The summed E-state index contributed by atoms with van der Waals surface area (Å²) in [6, 6.07) is 9.65. The van der Waals surface area contributed by atoms with Crippen LogP contribution >= 0.6 is 28.1 Å². The maximum atomic E-state index is 5.61. The van der Waals surface area contributed by atoms with Crippen LogP contribution in [0.1, 0.15) is 11.3 Å². The summed E-state index contributed by atoms with van der Waals surface area (Å²) in [5.74, 6) is 0. The van der Waals surface area contributed by atoms with E-state index in [0.717, 1.165) is 27.1 Å². The number of nitrogens with zero attached hydrogens (tertiary/aromatic N) is 1. The Morgan fingerprint density at radius 3 is 2.78 bits per heavy atom. The summed E-state index contributed by atoms with van der Waals surface area (Å²) in [5.41, 5.74) is 9.33. The third-order valence-corrected chi connectivity index (χ3v) is 3.40. The summed E-state index contributed by atoms with van der Waals surface area (Å²) >= 11 is 8.42. The average molecular weight is 322 g/mol. The number of anilines is 2. The van der Waals surface area contributed by atoms with Crippen molar-refractivity contribution in [3.05, 3.63) is 52.3 Å². The molecule has 0 fully saturated rings. The highest BCUT2D eigenvalue weighted by Crippen LogP contribution is 2.25. The maximum Gasteiger partial charge on any atom is 0.105 e. The molecule has 0 spiro atoms. The minimum absolute atomic E-state index is 0.381. The molecular formula is C13H12BrN3S. The van der Waals surface area contributed by atoms with E-state index < -0.39 is 0 Å². The molecule has 1 aromatic heterocycles. The summed E-state index contributed by atoms with van der Waals surface area (Å²) < 4.78 is 0.876. The fourth-order valence-electron chi connectivity index (χ4n) is 1.56. The number of benzene rings is 1. The van der Waals surface area contributed by atoms with E-state index in [2.05, 4.69) is 26.2 Å². The van der Waals surface area contributed by atoms with Crippen molar-refractivity contribution in [1.29, 1.82) is 0 Å².